The molecule has 0 aliphatic carbocycles. The number of carbonyl (C=O) groups excluding carboxylic acids is 1. The van der Waals surface area contributed by atoms with Crippen LogP contribution in [-0.4, -0.2) is 22.8 Å². The zero-order valence-corrected chi connectivity index (χ0v) is 11.1. The molecule has 5 heteroatoms. The van der Waals surface area contributed by atoms with Crippen LogP contribution in [-0.2, 0) is 14.4 Å². The fraction of sp³-hybridized carbons (Fsp3) is 0.0625. The van der Waals surface area contributed by atoms with Crippen molar-refractivity contribution < 1.29 is 19.5 Å². The number of hydrogen-bond donors (Lipinski definition) is 1. The highest BCUT2D eigenvalue weighted by molar-refractivity contribution is 6.12. The van der Waals surface area contributed by atoms with Gasteiger partial charge in [0, 0.05) is 11.1 Å². The molecule has 2 rings (SSSR count). The van der Waals surface area contributed by atoms with Crippen molar-refractivity contribution in [1.82, 2.24) is 0 Å². The van der Waals surface area contributed by atoms with Gasteiger partial charge in [-0.3, -0.25) is 4.79 Å². The minimum atomic E-state index is -1.25. The van der Waals surface area contributed by atoms with Gasteiger partial charge in [-0.1, -0.05) is 65.8 Å². The summed E-state index contributed by atoms with van der Waals surface area (Å²) in [6, 6.07) is 18.4. The van der Waals surface area contributed by atoms with Crippen molar-refractivity contribution in [3.63, 3.8) is 0 Å². The molecule has 0 heterocycles. The first-order chi connectivity index (χ1) is 10.2. The Bertz CT molecular complexity index is 609. The molecule has 0 aromatic heterocycles. The average molecular weight is 283 g/mol. The molecule has 1 N–H and O–H groups in total. The fourth-order valence-electron chi connectivity index (χ4n) is 1.72. The van der Waals surface area contributed by atoms with Crippen molar-refractivity contribution >= 4 is 17.7 Å². The third-order valence-corrected chi connectivity index (χ3v) is 2.63. The number of benzene rings is 2. The lowest BCUT2D eigenvalue weighted by molar-refractivity contribution is -0.151. The lowest BCUT2D eigenvalue weighted by Crippen LogP contribution is -2.10. The highest BCUT2D eigenvalue weighted by Gasteiger charge is 2.12. The van der Waals surface area contributed by atoms with E-state index < -0.39 is 18.4 Å². The van der Waals surface area contributed by atoms with Gasteiger partial charge in [0.1, 0.15) is 12.1 Å². The molecule has 21 heavy (non-hydrogen) atoms. The fourth-order valence-corrected chi connectivity index (χ4v) is 1.72. The van der Waals surface area contributed by atoms with E-state index in [0.717, 1.165) is 11.1 Å². The number of oxime groups is 1. The number of carboxylic acids is 1. The molecule has 0 radical (unpaired) electrons. The Labute approximate surface area is 121 Å². The molecule has 0 amide bonds. The van der Waals surface area contributed by atoms with Crippen molar-refractivity contribution in [2.24, 2.45) is 5.16 Å². The number of nitrogens with zero attached hydrogens (tertiary/aromatic N) is 1. The van der Waals surface area contributed by atoms with Gasteiger partial charge in [0.25, 0.3) is 0 Å². The minimum absolute atomic E-state index is 0.468. The van der Waals surface area contributed by atoms with Gasteiger partial charge in [-0.15, -0.1) is 0 Å². The van der Waals surface area contributed by atoms with Gasteiger partial charge in [0.05, 0.1) is 0 Å². The van der Waals surface area contributed by atoms with Crippen molar-refractivity contribution in [2.75, 3.05) is 0 Å². The number of carbonyl (C=O) groups is 2. The summed E-state index contributed by atoms with van der Waals surface area (Å²) >= 11 is 0. The molecule has 0 spiro atoms. The monoisotopic (exact) mass is 283 g/mol. The highest BCUT2D eigenvalue weighted by Crippen LogP contribution is 2.11. The van der Waals surface area contributed by atoms with Crippen LogP contribution in [0.2, 0.25) is 0 Å². The molecular weight excluding hydrogens is 270 g/mol. The Balaban J connectivity index is 2.29. The maximum absolute atomic E-state index is 11.3. The zero-order chi connectivity index (χ0) is 15.1. The smallest absolute Gasteiger partial charge is 0.346 e. The van der Waals surface area contributed by atoms with Crippen LogP contribution in [0.4, 0.5) is 0 Å². The molecule has 0 aliphatic heterocycles. The average Bonchev–Trinajstić information content (AvgIpc) is 2.49. The summed E-state index contributed by atoms with van der Waals surface area (Å²) in [5.74, 6) is -2.16. The van der Waals surface area contributed by atoms with Crippen molar-refractivity contribution in [3.8, 4) is 0 Å². The van der Waals surface area contributed by atoms with E-state index in [0.29, 0.717) is 5.71 Å². The second-order valence-corrected chi connectivity index (χ2v) is 4.21. The van der Waals surface area contributed by atoms with E-state index in [1.54, 1.807) is 0 Å². The maximum atomic E-state index is 11.3. The first-order valence-corrected chi connectivity index (χ1v) is 6.27. The topological polar surface area (TPSA) is 76.0 Å². The Kier molecular flexibility index (Phi) is 4.82. The molecule has 0 atom stereocenters. The van der Waals surface area contributed by atoms with E-state index in [4.69, 9.17) is 9.94 Å². The van der Waals surface area contributed by atoms with Crippen molar-refractivity contribution in [3.05, 3.63) is 71.8 Å². The van der Waals surface area contributed by atoms with Crippen LogP contribution in [0.3, 0.4) is 0 Å². The minimum Gasteiger partial charge on any atom is -0.481 e. The standard InChI is InChI=1S/C16H13NO4/c18-14(19)11-15(20)21-17-16(12-7-3-1-4-8-12)13-9-5-2-6-10-13/h1-10H,11H2,(H,18,19). The maximum Gasteiger partial charge on any atom is 0.346 e. The van der Waals surface area contributed by atoms with Gasteiger partial charge in [-0.2, -0.15) is 0 Å². The van der Waals surface area contributed by atoms with Gasteiger partial charge in [-0.25, -0.2) is 4.79 Å². The van der Waals surface area contributed by atoms with E-state index in [-0.39, 0.29) is 0 Å². The van der Waals surface area contributed by atoms with E-state index >= 15 is 0 Å². The van der Waals surface area contributed by atoms with E-state index in [1.165, 1.54) is 0 Å². The number of hydrogen-bond acceptors (Lipinski definition) is 4. The van der Waals surface area contributed by atoms with E-state index in [1.807, 2.05) is 60.7 Å². The van der Waals surface area contributed by atoms with Crippen LogP contribution in [0.15, 0.2) is 65.8 Å². The van der Waals surface area contributed by atoms with Crippen molar-refractivity contribution in [2.45, 2.75) is 6.42 Å². The Morgan fingerprint density at radius 1 is 0.905 bits per heavy atom. The summed E-state index contributed by atoms with van der Waals surface area (Å²) in [6.07, 6.45) is -0.722. The van der Waals surface area contributed by atoms with E-state index in [2.05, 4.69) is 5.16 Å². The normalized spacial score (nSPS) is 9.71. The molecular formula is C16H13NO4. The van der Waals surface area contributed by atoms with Gasteiger partial charge < -0.3 is 9.94 Å². The van der Waals surface area contributed by atoms with Gasteiger partial charge in [0.15, 0.2) is 0 Å². The number of rotatable bonds is 5. The first-order valence-electron chi connectivity index (χ1n) is 6.27. The number of aliphatic carboxylic acids is 1. The van der Waals surface area contributed by atoms with Crippen LogP contribution in [0, 0.1) is 0 Å². The molecule has 2 aromatic carbocycles. The van der Waals surface area contributed by atoms with Crippen LogP contribution >= 0.6 is 0 Å². The van der Waals surface area contributed by atoms with Gasteiger partial charge >= 0.3 is 11.9 Å². The molecule has 2 aromatic rings. The third-order valence-electron chi connectivity index (χ3n) is 2.63. The molecule has 5 nitrogen and oxygen atoms in total. The van der Waals surface area contributed by atoms with Gasteiger partial charge in [0.2, 0.25) is 0 Å². The molecule has 106 valence electrons. The predicted octanol–water partition coefficient (Wildman–Crippen LogP) is 2.46. The molecule has 0 bridgehead atoms. The second-order valence-electron chi connectivity index (χ2n) is 4.21. The molecule has 0 unspecified atom stereocenters. The summed E-state index contributed by atoms with van der Waals surface area (Å²) in [6.45, 7) is 0. The Morgan fingerprint density at radius 3 is 1.81 bits per heavy atom. The SMILES string of the molecule is O=C(O)CC(=O)ON=C(c1ccccc1)c1ccccc1. The van der Waals surface area contributed by atoms with Crippen LogP contribution in [0.25, 0.3) is 0 Å². The lowest BCUT2D eigenvalue weighted by Gasteiger charge is -2.06. The Morgan fingerprint density at radius 2 is 1.38 bits per heavy atom. The third kappa shape index (κ3) is 4.28. The second kappa shape index (κ2) is 7.00. The summed E-state index contributed by atoms with van der Waals surface area (Å²) in [4.78, 5) is 26.4. The molecule has 0 fully saturated rings. The zero-order valence-electron chi connectivity index (χ0n) is 11.1. The Hall–Kier alpha value is -2.95. The lowest BCUT2D eigenvalue weighted by atomic mass is 10.0. The van der Waals surface area contributed by atoms with E-state index in [9.17, 15) is 9.59 Å². The summed E-state index contributed by atoms with van der Waals surface area (Å²) in [7, 11) is 0. The van der Waals surface area contributed by atoms with Crippen molar-refractivity contribution in [1.29, 1.82) is 0 Å². The quantitative estimate of drug-likeness (QED) is 0.396. The van der Waals surface area contributed by atoms with Crippen LogP contribution in [0.5, 0.6) is 0 Å². The predicted molar refractivity (Wildman–Crippen MR) is 76.9 cm³/mol. The molecule has 0 aliphatic rings. The summed E-state index contributed by atoms with van der Waals surface area (Å²) in [5, 5.41) is 12.4. The molecule has 0 saturated carbocycles. The summed E-state index contributed by atoms with van der Waals surface area (Å²) in [5.41, 5.74) is 2.01. The van der Waals surface area contributed by atoms with Crippen LogP contribution in [0.1, 0.15) is 17.5 Å². The number of carboxylic acid groups (broad SMARTS) is 1. The largest absolute Gasteiger partial charge is 0.481 e. The summed E-state index contributed by atoms with van der Waals surface area (Å²) < 4.78 is 0. The molecule has 0 saturated heterocycles. The first kappa shape index (κ1) is 14.5. The van der Waals surface area contributed by atoms with Crippen LogP contribution < -0.4 is 0 Å². The van der Waals surface area contributed by atoms with Gasteiger partial charge in [-0.05, 0) is 0 Å². The highest BCUT2D eigenvalue weighted by atomic mass is 16.7.